The van der Waals surface area contributed by atoms with E-state index in [9.17, 15) is 0 Å². The van der Waals surface area contributed by atoms with E-state index >= 15 is 0 Å². The summed E-state index contributed by atoms with van der Waals surface area (Å²) in [6, 6.07) is 8.00. The van der Waals surface area contributed by atoms with Crippen LogP contribution in [-0.2, 0) is 0 Å². The largest absolute Gasteiger partial charge is 0.497 e. The number of hydrogen-bond acceptors (Lipinski definition) is 1. The van der Waals surface area contributed by atoms with Gasteiger partial charge in [0.1, 0.15) is 5.75 Å². The first-order valence-corrected chi connectivity index (χ1v) is 5.12. The van der Waals surface area contributed by atoms with E-state index in [0.29, 0.717) is 0 Å². The Hall–Kier alpha value is -1.70. The fraction of sp³-hybridized carbons (Fsp3) is 0.231. The molecule has 15 heavy (non-hydrogen) atoms. The zero-order valence-corrected chi connectivity index (χ0v) is 9.50. The summed E-state index contributed by atoms with van der Waals surface area (Å²) in [7, 11) is 1.67. The van der Waals surface area contributed by atoms with E-state index in [1.165, 1.54) is 5.39 Å². The lowest BCUT2D eigenvalue weighted by molar-refractivity contribution is 0.415. The van der Waals surface area contributed by atoms with E-state index in [1.807, 2.05) is 32.0 Å². The van der Waals surface area contributed by atoms with Crippen LogP contribution in [0.2, 0.25) is 0 Å². The Labute approximate surface area is 90.6 Å². The normalized spacial score (nSPS) is 9.27. The lowest BCUT2D eigenvalue weighted by Gasteiger charge is -1.97. The quantitative estimate of drug-likeness (QED) is 0.788. The third-order valence-electron chi connectivity index (χ3n) is 2.07. The Bertz CT molecular complexity index is 443. The van der Waals surface area contributed by atoms with Gasteiger partial charge in [-0.3, -0.25) is 0 Å². The molecular weight excluding hydrogens is 186 g/mol. The van der Waals surface area contributed by atoms with Gasteiger partial charge in [0.25, 0.3) is 0 Å². The van der Waals surface area contributed by atoms with E-state index < -0.39 is 0 Å². The minimum Gasteiger partial charge on any atom is -0.497 e. The highest BCUT2D eigenvalue weighted by molar-refractivity contribution is 5.83. The molecular formula is C13H17NO. The Balaban J connectivity index is 0.000000531. The second-order valence-corrected chi connectivity index (χ2v) is 2.88. The highest BCUT2D eigenvalue weighted by Crippen LogP contribution is 2.21. The van der Waals surface area contributed by atoms with Crippen LogP contribution in [0, 0.1) is 0 Å². The smallest absolute Gasteiger partial charge is 0.120 e. The van der Waals surface area contributed by atoms with Crippen LogP contribution in [0.4, 0.5) is 0 Å². The molecule has 0 unspecified atom stereocenters. The zero-order valence-electron chi connectivity index (χ0n) is 9.50. The first-order valence-electron chi connectivity index (χ1n) is 5.12. The standard InChI is InChI=1S/C11H11NO.C2H6/c1-3-9-6-8-4-5-10(13-2)7-11(8)12-9;1-2/h3-7,12H,1H2,2H3;1-2H3. The fourth-order valence-corrected chi connectivity index (χ4v) is 1.37. The van der Waals surface area contributed by atoms with Crippen molar-refractivity contribution >= 4 is 17.0 Å². The third kappa shape index (κ3) is 2.40. The molecule has 1 heterocycles. The summed E-state index contributed by atoms with van der Waals surface area (Å²) in [5.74, 6) is 0.866. The molecule has 2 aromatic rings. The lowest BCUT2D eigenvalue weighted by Crippen LogP contribution is -1.80. The Morgan fingerprint density at radius 3 is 2.60 bits per heavy atom. The van der Waals surface area contributed by atoms with Crippen molar-refractivity contribution in [1.82, 2.24) is 4.98 Å². The highest BCUT2D eigenvalue weighted by Gasteiger charge is 1.98. The summed E-state index contributed by atoms with van der Waals surface area (Å²) in [5.41, 5.74) is 2.11. The number of ether oxygens (including phenoxy) is 1. The molecule has 1 aromatic heterocycles. The first-order chi connectivity index (χ1) is 7.33. The van der Waals surface area contributed by atoms with Gasteiger partial charge in [-0.05, 0) is 24.3 Å². The number of H-pyrrole nitrogens is 1. The average molecular weight is 203 g/mol. The molecule has 2 heteroatoms. The van der Waals surface area contributed by atoms with Crippen molar-refractivity contribution in [3.63, 3.8) is 0 Å². The number of benzene rings is 1. The molecule has 0 spiro atoms. The summed E-state index contributed by atoms with van der Waals surface area (Å²) in [5, 5.41) is 1.18. The van der Waals surface area contributed by atoms with Gasteiger partial charge in [0.05, 0.1) is 7.11 Å². The number of rotatable bonds is 2. The maximum atomic E-state index is 5.12. The van der Waals surface area contributed by atoms with Crippen molar-refractivity contribution in [2.75, 3.05) is 7.11 Å². The van der Waals surface area contributed by atoms with Crippen LogP contribution in [-0.4, -0.2) is 12.1 Å². The SMILES string of the molecule is C=Cc1cc2ccc(OC)cc2[nH]1.CC. The summed E-state index contributed by atoms with van der Waals surface area (Å²) in [6.07, 6.45) is 1.80. The molecule has 80 valence electrons. The number of aromatic nitrogens is 1. The minimum atomic E-state index is 0.866. The monoisotopic (exact) mass is 203 g/mol. The van der Waals surface area contributed by atoms with Crippen LogP contribution in [0.25, 0.3) is 17.0 Å². The molecule has 0 radical (unpaired) electrons. The first kappa shape index (κ1) is 11.4. The van der Waals surface area contributed by atoms with Crippen molar-refractivity contribution in [2.45, 2.75) is 13.8 Å². The molecule has 2 rings (SSSR count). The van der Waals surface area contributed by atoms with Gasteiger partial charge in [0, 0.05) is 22.7 Å². The van der Waals surface area contributed by atoms with E-state index in [2.05, 4.69) is 17.6 Å². The molecule has 0 amide bonds. The van der Waals surface area contributed by atoms with Crippen molar-refractivity contribution in [3.05, 3.63) is 36.5 Å². The van der Waals surface area contributed by atoms with E-state index in [-0.39, 0.29) is 0 Å². The van der Waals surface area contributed by atoms with Gasteiger partial charge in [-0.2, -0.15) is 0 Å². The Morgan fingerprint density at radius 1 is 1.27 bits per heavy atom. The Morgan fingerprint density at radius 2 is 2.00 bits per heavy atom. The number of hydrogen-bond donors (Lipinski definition) is 1. The maximum absolute atomic E-state index is 5.12. The van der Waals surface area contributed by atoms with Crippen molar-refractivity contribution in [3.8, 4) is 5.75 Å². The lowest BCUT2D eigenvalue weighted by atomic mass is 10.2. The van der Waals surface area contributed by atoms with E-state index in [1.54, 1.807) is 13.2 Å². The summed E-state index contributed by atoms with van der Waals surface area (Å²) < 4.78 is 5.12. The van der Waals surface area contributed by atoms with Crippen molar-refractivity contribution < 1.29 is 4.74 Å². The van der Waals surface area contributed by atoms with Gasteiger partial charge < -0.3 is 9.72 Å². The third-order valence-corrected chi connectivity index (χ3v) is 2.07. The molecule has 1 aromatic carbocycles. The van der Waals surface area contributed by atoms with E-state index in [0.717, 1.165) is 17.0 Å². The van der Waals surface area contributed by atoms with Gasteiger partial charge >= 0.3 is 0 Å². The molecule has 0 aliphatic rings. The summed E-state index contributed by atoms with van der Waals surface area (Å²) in [6.45, 7) is 7.71. The van der Waals surface area contributed by atoms with Crippen LogP contribution < -0.4 is 4.74 Å². The van der Waals surface area contributed by atoms with Gasteiger partial charge in [-0.15, -0.1) is 0 Å². The van der Waals surface area contributed by atoms with Crippen molar-refractivity contribution in [2.24, 2.45) is 0 Å². The molecule has 0 saturated heterocycles. The van der Waals surface area contributed by atoms with Crippen LogP contribution >= 0.6 is 0 Å². The van der Waals surface area contributed by atoms with Gasteiger partial charge in [-0.1, -0.05) is 20.4 Å². The van der Waals surface area contributed by atoms with E-state index in [4.69, 9.17) is 4.74 Å². The van der Waals surface area contributed by atoms with Gasteiger partial charge in [0.2, 0.25) is 0 Å². The predicted octanol–water partition coefficient (Wildman–Crippen LogP) is 3.85. The second-order valence-electron chi connectivity index (χ2n) is 2.88. The summed E-state index contributed by atoms with van der Waals surface area (Å²) in [4.78, 5) is 3.22. The highest BCUT2D eigenvalue weighted by atomic mass is 16.5. The van der Waals surface area contributed by atoms with Crippen LogP contribution in [0.1, 0.15) is 19.5 Å². The van der Waals surface area contributed by atoms with Gasteiger partial charge in [-0.25, -0.2) is 0 Å². The molecule has 0 atom stereocenters. The molecule has 2 nitrogen and oxygen atoms in total. The molecule has 0 bridgehead atoms. The average Bonchev–Trinajstić information content (AvgIpc) is 2.73. The van der Waals surface area contributed by atoms with Crippen molar-refractivity contribution in [1.29, 1.82) is 0 Å². The van der Waals surface area contributed by atoms with Gasteiger partial charge in [0.15, 0.2) is 0 Å². The number of nitrogens with one attached hydrogen (secondary N) is 1. The minimum absolute atomic E-state index is 0.866. The molecule has 0 fully saturated rings. The molecule has 1 N–H and O–H groups in total. The van der Waals surface area contributed by atoms with Crippen LogP contribution in [0.15, 0.2) is 30.8 Å². The van der Waals surface area contributed by atoms with Crippen LogP contribution in [0.5, 0.6) is 5.75 Å². The molecule has 0 saturated carbocycles. The fourth-order valence-electron chi connectivity index (χ4n) is 1.37. The van der Waals surface area contributed by atoms with Crippen LogP contribution in [0.3, 0.4) is 0 Å². The number of methoxy groups -OCH3 is 1. The maximum Gasteiger partial charge on any atom is 0.120 e. The number of aromatic amines is 1. The number of fused-ring (bicyclic) bond motifs is 1. The zero-order chi connectivity index (χ0) is 11.3. The topological polar surface area (TPSA) is 25.0 Å². The molecule has 0 aliphatic heterocycles. The predicted molar refractivity (Wildman–Crippen MR) is 66.3 cm³/mol. The Kier molecular flexibility index (Phi) is 3.98. The summed E-state index contributed by atoms with van der Waals surface area (Å²) >= 11 is 0. The second kappa shape index (κ2) is 5.25. The molecule has 0 aliphatic carbocycles.